The Morgan fingerprint density at radius 1 is 1.00 bits per heavy atom. The second-order valence-electron chi connectivity index (χ2n) is 9.95. The van der Waals surface area contributed by atoms with Crippen molar-refractivity contribution in [2.75, 3.05) is 16.6 Å². The van der Waals surface area contributed by atoms with Gasteiger partial charge in [0.1, 0.15) is 5.75 Å². The summed E-state index contributed by atoms with van der Waals surface area (Å²) < 4.78 is 32.8. The molecule has 0 bridgehead atoms. The fourth-order valence-corrected chi connectivity index (χ4v) is 5.73. The second kappa shape index (κ2) is 10.1. The lowest BCUT2D eigenvalue weighted by Crippen LogP contribution is -2.24. The Hall–Kier alpha value is -2.91. The number of hydrogen-bond acceptors (Lipinski definition) is 6. The van der Waals surface area contributed by atoms with Crippen LogP contribution < -0.4 is 14.8 Å². The van der Waals surface area contributed by atoms with Crippen LogP contribution in [-0.4, -0.2) is 25.9 Å². The first-order valence-corrected chi connectivity index (χ1v) is 13.3. The fraction of sp³-hybridized carbons (Fsp3) is 0.360. The number of ether oxygens (including phenoxy) is 1. The van der Waals surface area contributed by atoms with Crippen LogP contribution in [0.25, 0.3) is 0 Å². The van der Waals surface area contributed by atoms with Crippen molar-refractivity contribution in [3.05, 3.63) is 65.7 Å². The Balaban J connectivity index is 1.53. The van der Waals surface area contributed by atoms with E-state index in [1.807, 2.05) is 24.3 Å². The number of amides is 1. The van der Waals surface area contributed by atoms with Gasteiger partial charge in [0.25, 0.3) is 15.9 Å². The van der Waals surface area contributed by atoms with Gasteiger partial charge in [-0.15, -0.1) is 11.3 Å². The van der Waals surface area contributed by atoms with Crippen LogP contribution in [0.1, 0.15) is 46.6 Å². The number of aromatic nitrogens is 1. The van der Waals surface area contributed by atoms with E-state index in [0.717, 1.165) is 6.42 Å². The minimum atomic E-state index is -3.74. The molecule has 3 aromatic rings. The Morgan fingerprint density at radius 2 is 1.65 bits per heavy atom. The minimum Gasteiger partial charge on any atom is -0.484 e. The van der Waals surface area contributed by atoms with Crippen molar-refractivity contribution in [3.8, 4) is 5.75 Å². The molecule has 0 unspecified atom stereocenters. The number of carbonyl (C=O) groups is 1. The maximum Gasteiger partial charge on any atom is 0.263 e. The predicted octanol–water partition coefficient (Wildman–Crippen LogP) is 5.68. The van der Waals surface area contributed by atoms with E-state index in [4.69, 9.17) is 4.74 Å². The van der Waals surface area contributed by atoms with Gasteiger partial charge in [-0.2, -0.15) is 0 Å². The van der Waals surface area contributed by atoms with Crippen LogP contribution in [0.5, 0.6) is 5.75 Å². The lowest BCUT2D eigenvalue weighted by Gasteiger charge is -2.33. The summed E-state index contributed by atoms with van der Waals surface area (Å²) in [6.45, 7) is 11.0. The van der Waals surface area contributed by atoms with Gasteiger partial charge in [-0.1, -0.05) is 46.8 Å². The quantitative estimate of drug-likeness (QED) is 0.393. The summed E-state index contributed by atoms with van der Waals surface area (Å²) >= 11 is 1.19. The number of anilines is 2. The van der Waals surface area contributed by atoms with E-state index in [0.29, 0.717) is 16.6 Å². The van der Waals surface area contributed by atoms with Crippen LogP contribution in [0.3, 0.4) is 0 Å². The van der Waals surface area contributed by atoms with Crippen molar-refractivity contribution < 1.29 is 17.9 Å². The van der Waals surface area contributed by atoms with Crippen molar-refractivity contribution in [2.24, 2.45) is 5.41 Å². The molecule has 1 amide bonds. The van der Waals surface area contributed by atoms with Crippen LogP contribution in [0.2, 0.25) is 0 Å². The normalized spacial score (nSPS) is 12.3. The summed E-state index contributed by atoms with van der Waals surface area (Å²) in [5, 5.41) is 4.68. The van der Waals surface area contributed by atoms with Gasteiger partial charge < -0.3 is 10.1 Å². The second-order valence-corrected chi connectivity index (χ2v) is 12.5. The van der Waals surface area contributed by atoms with E-state index in [-0.39, 0.29) is 28.2 Å². The molecule has 1 aromatic heterocycles. The molecule has 0 aliphatic carbocycles. The van der Waals surface area contributed by atoms with Crippen molar-refractivity contribution in [2.45, 2.75) is 51.3 Å². The molecule has 3 rings (SSSR count). The molecule has 0 atom stereocenters. The van der Waals surface area contributed by atoms with E-state index in [1.165, 1.54) is 47.4 Å². The number of nitrogens with one attached hydrogen (secondary N) is 2. The summed E-state index contributed by atoms with van der Waals surface area (Å²) in [6, 6.07) is 13.7. The lowest BCUT2D eigenvalue weighted by molar-refractivity contribution is -0.118. The Morgan fingerprint density at radius 3 is 2.21 bits per heavy atom. The molecule has 1 heterocycles. The first kappa shape index (κ1) is 25.7. The Labute approximate surface area is 205 Å². The Kier molecular flexibility index (Phi) is 7.67. The fourth-order valence-electron chi connectivity index (χ4n) is 3.94. The molecule has 2 N–H and O–H groups in total. The van der Waals surface area contributed by atoms with Gasteiger partial charge in [-0.25, -0.2) is 13.4 Å². The Bertz CT molecular complexity index is 1200. The van der Waals surface area contributed by atoms with Gasteiger partial charge in [0.05, 0.1) is 4.90 Å². The summed E-state index contributed by atoms with van der Waals surface area (Å²) in [5.74, 6) is 0.272. The van der Waals surface area contributed by atoms with E-state index < -0.39 is 10.0 Å². The van der Waals surface area contributed by atoms with E-state index in [9.17, 15) is 13.2 Å². The average molecular weight is 502 g/mol. The van der Waals surface area contributed by atoms with E-state index in [1.54, 1.807) is 5.38 Å². The van der Waals surface area contributed by atoms with E-state index in [2.05, 4.69) is 49.6 Å². The standard InChI is InChI=1S/C25H31N3O4S2/c1-24(2,3)17-25(4,5)18-6-10-20(11-7-18)32-16-22(29)27-19-8-12-21(13-9-19)34(30,31)28-23-26-14-15-33-23/h6-15H,16-17H2,1-5H3,(H,26,28)(H,27,29). The molecule has 0 saturated heterocycles. The number of rotatable bonds is 9. The van der Waals surface area contributed by atoms with Crippen LogP contribution in [0.15, 0.2) is 65.0 Å². The molecule has 0 saturated carbocycles. The molecule has 182 valence electrons. The average Bonchev–Trinajstić information content (AvgIpc) is 3.23. The summed E-state index contributed by atoms with van der Waals surface area (Å²) in [7, 11) is -3.74. The molecule has 7 nitrogen and oxygen atoms in total. The first-order valence-electron chi connectivity index (χ1n) is 10.9. The summed E-state index contributed by atoms with van der Waals surface area (Å²) in [4.78, 5) is 16.3. The summed E-state index contributed by atoms with van der Waals surface area (Å²) in [5.41, 5.74) is 1.94. The highest BCUT2D eigenvalue weighted by Crippen LogP contribution is 2.36. The largest absolute Gasteiger partial charge is 0.484 e. The molecular weight excluding hydrogens is 470 g/mol. The number of sulfonamides is 1. The van der Waals surface area contributed by atoms with Crippen molar-refractivity contribution in [1.29, 1.82) is 0 Å². The maximum atomic E-state index is 12.4. The SMILES string of the molecule is CC(C)(C)CC(C)(C)c1ccc(OCC(=O)Nc2ccc(S(=O)(=O)Nc3nccs3)cc2)cc1. The molecular formula is C25H31N3O4S2. The third kappa shape index (κ3) is 7.30. The third-order valence-corrected chi connectivity index (χ3v) is 7.25. The van der Waals surface area contributed by atoms with Crippen molar-refractivity contribution >= 4 is 38.1 Å². The molecule has 2 aromatic carbocycles. The highest BCUT2D eigenvalue weighted by atomic mass is 32.2. The predicted molar refractivity (Wildman–Crippen MR) is 137 cm³/mol. The van der Waals surface area contributed by atoms with Gasteiger partial charge in [0, 0.05) is 17.3 Å². The zero-order chi connectivity index (χ0) is 25.0. The lowest BCUT2D eigenvalue weighted by atomic mass is 9.72. The van der Waals surface area contributed by atoms with Crippen molar-refractivity contribution in [1.82, 2.24) is 4.98 Å². The van der Waals surface area contributed by atoms with Crippen LogP contribution in [0.4, 0.5) is 10.8 Å². The van der Waals surface area contributed by atoms with Crippen LogP contribution >= 0.6 is 11.3 Å². The molecule has 0 fully saturated rings. The van der Waals surface area contributed by atoms with Crippen LogP contribution in [0, 0.1) is 5.41 Å². The van der Waals surface area contributed by atoms with Gasteiger partial charge in [0.15, 0.2) is 11.7 Å². The maximum absolute atomic E-state index is 12.4. The number of benzene rings is 2. The highest BCUT2D eigenvalue weighted by Gasteiger charge is 2.27. The molecule has 0 aliphatic heterocycles. The molecule has 34 heavy (non-hydrogen) atoms. The molecule has 0 spiro atoms. The zero-order valence-corrected chi connectivity index (χ0v) is 21.7. The zero-order valence-electron chi connectivity index (χ0n) is 20.1. The van der Waals surface area contributed by atoms with E-state index >= 15 is 0 Å². The molecule has 9 heteroatoms. The number of nitrogens with zero attached hydrogens (tertiary/aromatic N) is 1. The smallest absolute Gasteiger partial charge is 0.263 e. The van der Waals surface area contributed by atoms with Gasteiger partial charge in [0.2, 0.25) is 0 Å². The molecule has 0 radical (unpaired) electrons. The summed E-state index contributed by atoms with van der Waals surface area (Å²) in [6.07, 6.45) is 2.56. The highest BCUT2D eigenvalue weighted by molar-refractivity contribution is 7.93. The van der Waals surface area contributed by atoms with Crippen molar-refractivity contribution in [3.63, 3.8) is 0 Å². The van der Waals surface area contributed by atoms with Gasteiger partial charge in [-0.3, -0.25) is 9.52 Å². The number of carbonyl (C=O) groups excluding carboxylic acids is 1. The molecule has 0 aliphatic rings. The van der Waals surface area contributed by atoms with Gasteiger partial charge in [-0.05, 0) is 59.2 Å². The van der Waals surface area contributed by atoms with Gasteiger partial charge >= 0.3 is 0 Å². The first-order chi connectivity index (χ1) is 15.8. The minimum absolute atomic E-state index is 0.0314. The topological polar surface area (TPSA) is 97.4 Å². The van der Waals surface area contributed by atoms with Crippen LogP contribution in [-0.2, 0) is 20.2 Å². The monoisotopic (exact) mass is 501 g/mol. The number of thiazole rings is 1. The number of hydrogen-bond donors (Lipinski definition) is 2. The third-order valence-electron chi connectivity index (χ3n) is 5.08.